The first kappa shape index (κ1) is 15.4. The molecule has 1 amide bonds. The fourth-order valence-corrected chi connectivity index (χ4v) is 2.23. The maximum absolute atomic E-state index is 11.8. The van der Waals surface area contributed by atoms with Crippen LogP contribution in [0.15, 0.2) is 0 Å². The Labute approximate surface area is 110 Å². The molecule has 0 aromatic carbocycles. The third-order valence-electron chi connectivity index (χ3n) is 3.25. The number of rotatable bonds is 6. The van der Waals surface area contributed by atoms with Crippen molar-refractivity contribution in [2.45, 2.75) is 38.7 Å². The smallest absolute Gasteiger partial charge is 0.234 e. The highest BCUT2D eigenvalue weighted by Gasteiger charge is 2.20. The Morgan fingerprint density at radius 3 is 2.94 bits per heavy atom. The first-order chi connectivity index (χ1) is 8.53. The van der Waals surface area contributed by atoms with Gasteiger partial charge in [0.05, 0.1) is 12.1 Å². The molecule has 0 aliphatic carbocycles. The quantitative estimate of drug-likeness (QED) is 0.624. The van der Waals surface area contributed by atoms with Gasteiger partial charge in [-0.2, -0.15) is 0 Å². The second kappa shape index (κ2) is 7.71. The molecule has 0 spiro atoms. The third kappa shape index (κ3) is 6.33. The van der Waals surface area contributed by atoms with Gasteiger partial charge in [-0.3, -0.25) is 9.69 Å². The zero-order valence-corrected chi connectivity index (χ0v) is 11.7. The second-order valence-corrected chi connectivity index (χ2v) is 5.40. The van der Waals surface area contributed by atoms with Crippen molar-refractivity contribution in [1.82, 2.24) is 15.5 Å². The molecule has 18 heavy (non-hydrogen) atoms. The summed E-state index contributed by atoms with van der Waals surface area (Å²) in [5.74, 6) is 0.00766. The molecular weight excluding hydrogens is 230 g/mol. The molecule has 0 radical (unpaired) electrons. The molecule has 1 heterocycles. The van der Waals surface area contributed by atoms with Gasteiger partial charge >= 0.3 is 0 Å². The minimum atomic E-state index is -0.787. The lowest BCUT2D eigenvalue weighted by atomic mass is 10.0. The lowest BCUT2D eigenvalue weighted by Crippen LogP contribution is -2.45. The molecule has 5 nitrogen and oxygen atoms in total. The predicted octanol–water partition coefficient (Wildman–Crippen LogP) is -0.0510. The highest BCUT2D eigenvalue weighted by atomic mass is 16.3. The number of nitrogens with zero attached hydrogens (tertiary/aromatic N) is 1. The van der Waals surface area contributed by atoms with Crippen LogP contribution in [-0.4, -0.2) is 60.8 Å². The summed E-state index contributed by atoms with van der Waals surface area (Å²) in [6.07, 6.45) is 2.71. The van der Waals surface area contributed by atoms with Crippen LogP contribution in [0.4, 0.5) is 0 Å². The topological polar surface area (TPSA) is 64.6 Å². The van der Waals surface area contributed by atoms with Crippen LogP contribution in [-0.2, 0) is 4.79 Å². The zero-order chi connectivity index (χ0) is 13.4. The number of carbonyl (C=O) groups is 1. The molecule has 0 aromatic rings. The van der Waals surface area contributed by atoms with E-state index in [0.717, 1.165) is 39.0 Å². The maximum Gasteiger partial charge on any atom is 0.234 e. The normalized spacial score (nSPS) is 21.1. The molecular formula is C13H27N3O2. The maximum atomic E-state index is 11.8. The van der Waals surface area contributed by atoms with Crippen LogP contribution in [0.25, 0.3) is 0 Å². The summed E-state index contributed by atoms with van der Waals surface area (Å²) in [7, 11) is 0. The SMILES string of the molecule is CCCC(C)(O)CNC(=O)CN1CCCNCC1. The molecule has 106 valence electrons. The molecule has 1 aliphatic heterocycles. The van der Waals surface area contributed by atoms with E-state index in [4.69, 9.17) is 0 Å². The fraction of sp³-hybridized carbons (Fsp3) is 0.923. The van der Waals surface area contributed by atoms with Gasteiger partial charge < -0.3 is 15.7 Å². The standard InChI is InChI=1S/C13H27N3O2/c1-3-5-13(2,18)11-15-12(17)10-16-8-4-6-14-7-9-16/h14,18H,3-11H2,1-2H3,(H,15,17). The Balaban J connectivity index is 2.24. The Kier molecular flexibility index (Phi) is 6.60. The average Bonchev–Trinajstić information content (AvgIpc) is 2.55. The molecule has 5 heteroatoms. The molecule has 0 aromatic heterocycles. The van der Waals surface area contributed by atoms with E-state index in [1.54, 1.807) is 6.92 Å². The summed E-state index contributed by atoms with van der Waals surface area (Å²) < 4.78 is 0. The molecule has 0 saturated carbocycles. The van der Waals surface area contributed by atoms with Gasteiger partial charge in [-0.05, 0) is 32.9 Å². The van der Waals surface area contributed by atoms with E-state index in [9.17, 15) is 9.90 Å². The summed E-state index contributed by atoms with van der Waals surface area (Å²) in [5, 5.41) is 16.1. The monoisotopic (exact) mass is 257 g/mol. The first-order valence-electron chi connectivity index (χ1n) is 6.95. The van der Waals surface area contributed by atoms with Crippen molar-refractivity contribution in [3.63, 3.8) is 0 Å². The van der Waals surface area contributed by atoms with Gasteiger partial charge in [0, 0.05) is 19.6 Å². The van der Waals surface area contributed by atoms with E-state index in [0.29, 0.717) is 19.5 Å². The van der Waals surface area contributed by atoms with E-state index in [-0.39, 0.29) is 5.91 Å². The zero-order valence-electron chi connectivity index (χ0n) is 11.7. The van der Waals surface area contributed by atoms with Gasteiger partial charge in [0.1, 0.15) is 0 Å². The minimum Gasteiger partial charge on any atom is -0.388 e. The van der Waals surface area contributed by atoms with Crippen LogP contribution in [0.3, 0.4) is 0 Å². The van der Waals surface area contributed by atoms with Crippen LogP contribution in [0, 0.1) is 0 Å². The Morgan fingerprint density at radius 1 is 1.44 bits per heavy atom. The fourth-order valence-electron chi connectivity index (χ4n) is 2.23. The summed E-state index contributed by atoms with van der Waals surface area (Å²) in [5.41, 5.74) is -0.787. The molecule has 1 unspecified atom stereocenters. The van der Waals surface area contributed by atoms with Crippen molar-refractivity contribution in [2.24, 2.45) is 0 Å². The number of hydrogen-bond donors (Lipinski definition) is 3. The molecule has 0 bridgehead atoms. The summed E-state index contributed by atoms with van der Waals surface area (Å²) >= 11 is 0. The molecule has 1 saturated heterocycles. The summed E-state index contributed by atoms with van der Waals surface area (Å²) in [6, 6.07) is 0. The van der Waals surface area contributed by atoms with Crippen LogP contribution in [0.2, 0.25) is 0 Å². The summed E-state index contributed by atoms with van der Waals surface area (Å²) in [6.45, 7) is 8.43. The molecule has 3 N–H and O–H groups in total. The van der Waals surface area contributed by atoms with E-state index in [1.165, 1.54) is 0 Å². The Hall–Kier alpha value is -0.650. The summed E-state index contributed by atoms with van der Waals surface area (Å²) in [4.78, 5) is 13.9. The minimum absolute atomic E-state index is 0.00766. The molecule has 1 aliphatic rings. The number of hydrogen-bond acceptors (Lipinski definition) is 4. The van der Waals surface area contributed by atoms with Crippen molar-refractivity contribution in [2.75, 3.05) is 39.3 Å². The van der Waals surface area contributed by atoms with Gasteiger partial charge in [-0.15, -0.1) is 0 Å². The van der Waals surface area contributed by atoms with Gasteiger partial charge in [0.25, 0.3) is 0 Å². The van der Waals surface area contributed by atoms with Gasteiger partial charge in [0.15, 0.2) is 0 Å². The number of nitrogens with one attached hydrogen (secondary N) is 2. The lowest BCUT2D eigenvalue weighted by Gasteiger charge is -2.24. The van der Waals surface area contributed by atoms with Crippen LogP contribution in [0.1, 0.15) is 33.1 Å². The predicted molar refractivity (Wildman–Crippen MR) is 72.5 cm³/mol. The van der Waals surface area contributed by atoms with Gasteiger partial charge in [0.2, 0.25) is 5.91 Å². The van der Waals surface area contributed by atoms with E-state index < -0.39 is 5.60 Å². The van der Waals surface area contributed by atoms with Gasteiger partial charge in [-0.25, -0.2) is 0 Å². The molecule has 1 rings (SSSR count). The highest BCUT2D eigenvalue weighted by Crippen LogP contribution is 2.09. The van der Waals surface area contributed by atoms with Crippen molar-refractivity contribution < 1.29 is 9.90 Å². The average molecular weight is 257 g/mol. The van der Waals surface area contributed by atoms with Crippen LogP contribution < -0.4 is 10.6 Å². The van der Waals surface area contributed by atoms with E-state index >= 15 is 0 Å². The largest absolute Gasteiger partial charge is 0.388 e. The third-order valence-corrected chi connectivity index (χ3v) is 3.25. The highest BCUT2D eigenvalue weighted by molar-refractivity contribution is 5.78. The second-order valence-electron chi connectivity index (χ2n) is 5.40. The molecule has 1 fully saturated rings. The Bertz CT molecular complexity index is 249. The lowest BCUT2D eigenvalue weighted by molar-refractivity contribution is -0.123. The number of aliphatic hydroxyl groups is 1. The van der Waals surface area contributed by atoms with Crippen molar-refractivity contribution in [3.8, 4) is 0 Å². The van der Waals surface area contributed by atoms with E-state index in [1.807, 2.05) is 6.92 Å². The van der Waals surface area contributed by atoms with Crippen LogP contribution >= 0.6 is 0 Å². The van der Waals surface area contributed by atoms with Crippen molar-refractivity contribution in [1.29, 1.82) is 0 Å². The number of carbonyl (C=O) groups excluding carboxylic acids is 1. The first-order valence-corrected chi connectivity index (χ1v) is 6.95. The Morgan fingerprint density at radius 2 is 2.22 bits per heavy atom. The van der Waals surface area contributed by atoms with Crippen molar-refractivity contribution >= 4 is 5.91 Å². The van der Waals surface area contributed by atoms with Crippen molar-refractivity contribution in [3.05, 3.63) is 0 Å². The number of amides is 1. The van der Waals surface area contributed by atoms with E-state index in [2.05, 4.69) is 15.5 Å². The molecule has 1 atom stereocenters. The van der Waals surface area contributed by atoms with Gasteiger partial charge in [-0.1, -0.05) is 13.3 Å². The van der Waals surface area contributed by atoms with Crippen LogP contribution in [0.5, 0.6) is 0 Å².